The minimum absolute atomic E-state index is 0.270. The number of rotatable bonds is 2. The molecule has 5 heteroatoms. The molecule has 0 atom stereocenters. The molecule has 0 unspecified atom stereocenters. The lowest BCUT2D eigenvalue weighted by Crippen LogP contribution is -2.03. The summed E-state index contributed by atoms with van der Waals surface area (Å²) in [5, 5.41) is 5.21. The van der Waals surface area contributed by atoms with Crippen LogP contribution in [0.1, 0.15) is 5.56 Å². The second-order valence-corrected chi connectivity index (χ2v) is 5.16. The Morgan fingerprint density at radius 2 is 1.95 bits per heavy atom. The van der Waals surface area contributed by atoms with Crippen molar-refractivity contribution in [2.24, 2.45) is 0 Å². The summed E-state index contributed by atoms with van der Waals surface area (Å²) in [6.07, 6.45) is 1.73. The van der Waals surface area contributed by atoms with E-state index in [1.54, 1.807) is 10.9 Å². The van der Waals surface area contributed by atoms with Crippen molar-refractivity contribution >= 4 is 26.8 Å². The van der Waals surface area contributed by atoms with Crippen molar-refractivity contribution in [2.75, 3.05) is 0 Å². The first-order chi connectivity index (χ1) is 9.13. The predicted octanol–water partition coefficient (Wildman–Crippen LogP) is 4.13. The van der Waals surface area contributed by atoms with Crippen molar-refractivity contribution in [3.63, 3.8) is 0 Å². The lowest BCUT2D eigenvalue weighted by molar-refractivity contribution is 0.561. The Kier molecular flexibility index (Phi) is 3.06. The van der Waals surface area contributed by atoms with Crippen LogP contribution in [0.4, 0.5) is 8.78 Å². The number of halogens is 3. The minimum atomic E-state index is -0.575. The van der Waals surface area contributed by atoms with E-state index in [2.05, 4.69) is 21.0 Å². The molecule has 0 aliphatic rings. The number of hydrogen-bond acceptors (Lipinski definition) is 1. The summed E-state index contributed by atoms with van der Waals surface area (Å²) in [7, 11) is 0. The van der Waals surface area contributed by atoms with Gasteiger partial charge in [-0.1, -0.05) is 28.1 Å². The van der Waals surface area contributed by atoms with E-state index in [1.165, 1.54) is 12.1 Å². The van der Waals surface area contributed by atoms with Crippen molar-refractivity contribution in [3.05, 3.63) is 64.3 Å². The second kappa shape index (κ2) is 4.74. The van der Waals surface area contributed by atoms with Crippen LogP contribution in [-0.4, -0.2) is 9.78 Å². The predicted molar refractivity (Wildman–Crippen MR) is 72.9 cm³/mol. The summed E-state index contributed by atoms with van der Waals surface area (Å²) in [6, 6.07) is 9.35. The Morgan fingerprint density at radius 3 is 2.74 bits per heavy atom. The van der Waals surface area contributed by atoms with Crippen LogP contribution in [-0.2, 0) is 6.54 Å². The topological polar surface area (TPSA) is 17.8 Å². The van der Waals surface area contributed by atoms with Crippen LogP contribution in [0.5, 0.6) is 0 Å². The maximum absolute atomic E-state index is 13.6. The Labute approximate surface area is 116 Å². The average molecular weight is 323 g/mol. The molecule has 0 bridgehead atoms. The molecule has 0 amide bonds. The summed E-state index contributed by atoms with van der Waals surface area (Å²) in [5.41, 5.74) is 1.31. The molecule has 2 aromatic carbocycles. The van der Waals surface area contributed by atoms with E-state index in [0.29, 0.717) is 5.56 Å². The minimum Gasteiger partial charge on any atom is -0.260 e. The molecule has 0 N–H and O–H groups in total. The first kappa shape index (κ1) is 12.3. The molecule has 0 aliphatic heterocycles. The standard InChI is InChI=1S/C14H9BrF2N2/c15-11-3-1-9-7-18-19(14(9)5-11)8-10-2-4-12(16)6-13(10)17/h1-7H,8H2. The third-order valence-corrected chi connectivity index (χ3v) is 3.44. The zero-order chi connectivity index (χ0) is 13.4. The van der Waals surface area contributed by atoms with Crippen molar-refractivity contribution in [1.82, 2.24) is 9.78 Å². The maximum Gasteiger partial charge on any atom is 0.131 e. The van der Waals surface area contributed by atoms with Gasteiger partial charge in [0, 0.05) is 21.5 Å². The van der Waals surface area contributed by atoms with Crippen LogP contribution in [0.3, 0.4) is 0 Å². The quantitative estimate of drug-likeness (QED) is 0.693. The fraction of sp³-hybridized carbons (Fsp3) is 0.0714. The summed E-state index contributed by atoms with van der Waals surface area (Å²) in [6.45, 7) is 0.270. The van der Waals surface area contributed by atoms with E-state index >= 15 is 0 Å². The first-order valence-corrected chi connectivity index (χ1v) is 6.48. The SMILES string of the molecule is Fc1ccc(Cn2ncc3ccc(Br)cc32)c(F)c1. The summed E-state index contributed by atoms with van der Waals surface area (Å²) in [5.74, 6) is -1.13. The Hall–Kier alpha value is -1.75. The molecule has 0 saturated carbocycles. The zero-order valence-corrected chi connectivity index (χ0v) is 11.4. The molecule has 0 saturated heterocycles. The average Bonchev–Trinajstić information content (AvgIpc) is 2.75. The molecule has 19 heavy (non-hydrogen) atoms. The van der Waals surface area contributed by atoms with Crippen molar-refractivity contribution in [1.29, 1.82) is 0 Å². The van der Waals surface area contributed by atoms with Crippen molar-refractivity contribution in [3.8, 4) is 0 Å². The first-order valence-electron chi connectivity index (χ1n) is 5.68. The fourth-order valence-corrected chi connectivity index (χ4v) is 2.33. The van der Waals surface area contributed by atoms with Gasteiger partial charge in [-0.25, -0.2) is 8.78 Å². The number of aromatic nitrogens is 2. The second-order valence-electron chi connectivity index (χ2n) is 4.24. The highest BCUT2D eigenvalue weighted by Gasteiger charge is 2.08. The monoisotopic (exact) mass is 322 g/mol. The molecule has 0 fully saturated rings. The molecule has 0 aliphatic carbocycles. The molecule has 0 spiro atoms. The van der Waals surface area contributed by atoms with Crippen LogP contribution in [0, 0.1) is 11.6 Å². The smallest absolute Gasteiger partial charge is 0.131 e. The van der Waals surface area contributed by atoms with Gasteiger partial charge in [0.1, 0.15) is 11.6 Å². The lowest BCUT2D eigenvalue weighted by atomic mass is 10.2. The van der Waals surface area contributed by atoms with Gasteiger partial charge < -0.3 is 0 Å². The highest BCUT2D eigenvalue weighted by Crippen LogP contribution is 2.21. The van der Waals surface area contributed by atoms with E-state index in [4.69, 9.17) is 0 Å². The molecule has 1 heterocycles. The molecule has 96 valence electrons. The van der Waals surface area contributed by atoms with Crippen LogP contribution >= 0.6 is 15.9 Å². The normalized spacial score (nSPS) is 11.1. The maximum atomic E-state index is 13.6. The Balaban J connectivity index is 2.03. The molecule has 1 aromatic heterocycles. The van der Waals surface area contributed by atoms with Crippen molar-refractivity contribution < 1.29 is 8.78 Å². The summed E-state index contributed by atoms with van der Waals surface area (Å²) in [4.78, 5) is 0. The molecular weight excluding hydrogens is 314 g/mol. The van der Waals surface area contributed by atoms with Gasteiger partial charge in [0.15, 0.2) is 0 Å². The molecule has 3 aromatic rings. The summed E-state index contributed by atoms with van der Waals surface area (Å²) >= 11 is 3.40. The number of benzene rings is 2. The van der Waals surface area contributed by atoms with E-state index in [9.17, 15) is 8.78 Å². The number of nitrogens with zero attached hydrogens (tertiary/aromatic N) is 2. The van der Waals surface area contributed by atoms with Crippen LogP contribution < -0.4 is 0 Å². The summed E-state index contributed by atoms with van der Waals surface area (Å²) < 4.78 is 29.1. The van der Waals surface area contributed by atoms with Gasteiger partial charge >= 0.3 is 0 Å². The number of hydrogen-bond donors (Lipinski definition) is 0. The Bertz CT molecular complexity index is 752. The molecule has 0 radical (unpaired) electrons. The van der Waals surface area contributed by atoms with E-state index in [-0.39, 0.29) is 6.54 Å². The van der Waals surface area contributed by atoms with Gasteiger partial charge in [-0.15, -0.1) is 0 Å². The van der Waals surface area contributed by atoms with Crippen LogP contribution in [0.15, 0.2) is 47.1 Å². The van der Waals surface area contributed by atoms with Gasteiger partial charge in [0.25, 0.3) is 0 Å². The molecule has 2 nitrogen and oxygen atoms in total. The molecular formula is C14H9BrF2N2. The highest BCUT2D eigenvalue weighted by molar-refractivity contribution is 9.10. The van der Waals surface area contributed by atoms with Crippen molar-refractivity contribution in [2.45, 2.75) is 6.54 Å². The zero-order valence-electron chi connectivity index (χ0n) is 9.78. The van der Waals surface area contributed by atoms with Gasteiger partial charge in [-0.2, -0.15) is 5.10 Å². The van der Waals surface area contributed by atoms with E-state index in [0.717, 1.165) is 21.4 Å². The van der Waals surface area contributed by atoms with Gasteiger partial charge in [0.2, 0.25) is 0 Å². The fourth-order valence-electron chi connectivity index (χ4n) is 1.98. The third kappa shape index (κ3) is 2.38. The number of fused-ring (bicyclic) bond motifs is 1. The van der Waals surface area contributed by atoms with E-state index in [1.807, 2.05) is 18.2 Å². The van der Waals surface area contributed by atoms with Gasteiger partial charge in [0.05, 0.1) is 18.3 Å². The van der Waals surface area contributed by atoms with Crippen LogP contribution in [0.2, 0.25) is 0 Å². The van der Waals surface area contributed by atoms with Crippen LogP contribution in [0.25, 0.3) is 10.9 Å². The Morgan fingerprint density at radius 1 is 1.11 bits per heavy atom. The molecule has 3 rings (SSSR count). The van der Waals surface area contributed by atoms with Gasteiger partial charge in [-0.3, -0.25) is 4.68 Å². The highest BCUT2D eigenvalue weighted by atomic mass is 79.9. The van der Waals surface area contributed by atoms with E-state index < -0.39 is 11.6 Å². The third-order valence-electron chi connectivity index (χ3n) is 2.94. The lowest BCUT2D eigenvalue weighted by Gasteiger charge is -2.05. The van der Waals surface area contributed by atoms with Gasteiger partial charge in [-0.05, 0) is 18.2 Å². The largest absolute Gasteiger partial charge is 0.260 e.